The summed E-state index contributed by atoms with van der Waals surface area (Å²) in [6.07, 6.45) is -1.35. The normalized spacial score (nSPS) is 30.6. The summed E-state index contributed by atoms with van der Waals surface area (Å²) in [6.45, 7) is 0. The molecule has 0 saturated carbocycles. The number of rotatable bonds is 0. The van der Waals surface area contributed by atoms with Gasteiger partial charge in [0.15, 0.2) is 6.17 Å². The summed E-state index contributed by atoms with van der Waals surface area (Å²) in [4.78, 5) is 0. The number of nitrogens with zero attached hydrogens (tertiary/aromatic N) is 1. The number of fused-ring (bicyclic) bond motifs is 1. The molecule has 0 aliphatic heterocycles. The van der Waals surface area contributed by atoms with Crippen molar-refractivity contribution in [3.05, 3.63) is 17.5 Å². The summed E-state index contributed by atoms with van der Waals surface area (Å²) in [5.74, 6) is 0. The van der Waals surface area contributed by atoms with Crippen LogP contribution in [0.1, 0.15) is 17.4 Å². The predicted octanol–water partition coefficient (Wildman–Crippen LogP) is 1.31. The topological polar surface area (TPSA) is 28.7 Å². The van der Waals surface area contributed by atoms with Crippen molar-refractivity contribution < 1.29 is 8.78 Å². The van der Waals surface area contributed by atoms with Crippen LogP contribution in [0.15, 0.2) is 6.20 Å². The van der Waals surface area contributed by atoms with E-state index >= 15 is 0 Å². The second kappa shape index (κ2) is 1.78. The number of hydrogen-bond donors (Lipinski definition) is 1. The molecular formula is C6H6F2N2. The molecule has 0 spiro atoms. The number of aromatic nitrogens is 2. The van der Waals surface area contributed by atoms with E-state index in [-0.39, 0.29) is 6.42 Å². The van der Waals surface area contributed by atoms with E-state index in [1.807, 2.05) is 0 Å². The summed E-state index contributed by atoms with van der Waals surface area (Å²) >= 11 is 0. The summed E-state index contributed by atoms with van der Waals surface area (Å²) in [5, 5.41) is 6.15. The van der Waals surface area contributed by atoms with E-state index in [0.717, 1.165) is 0 Å². The third-order valence-corrected chi connectivity index (χ3v) is 1.77. The van der Waals surface area contributed by atoms with Crippen molar-refractivity contribution in [2.45, 2.75) is 18.8 Å². The Morgan fingerprint density at radius 3 is 3.10 bits per heavy atom. The summed E-state index contributed by atoms with van der Waals surface area (Å²) < 4.78 is 25.2. The smallest absolute Gasteiger partial charge is 0.160 e. The van der Waals surface area contributed by atoms with Crippen molar-refractivity contribution in [1.82, 2.24) is 10.2 Å². The highest BCUT2D eigenvalue weighted by Gasteiger charge is 2.33. The van der Waals surface area contributed by atoms with Gasteiger partial charge < -0.3 is 0 Å². The average Bonchev–Trinajstić information content (AvgIpc) is 2.41. The van der Waals surface area contributed by atoms with Gasteiger partial charge in [-0.05, 0) is 0 Å². The first-order valence-corrected chi connectivity index (χ1v) is 3.09. The zero-order valence-corrected chi connectivity index (χ0v) is 5.14. The van der Waals surface area contributed by atoms with Gasteiger partial charge in [0.1, 0.15) is 6.17 Å². The lowest BCUT2D eigenvalue weighted by molar-refractivity contribution is 0.186. The van der Waals surface area contributed by atoms with Crippen LogP contribution in [0.25, 0.3) is 0 Å². The molecule has 1 aromatic rings. The second-order valence-corrected chi connectivity index (χ2v) is 2.43. The van der Waals surface area contributed by atoms with Gasteiger partial charge >= 0.3 is 0 Å². The van der Waals surface area contributed by atoms with Crippen molar-refractivity contribution in [3.8, 4) is 0 Å². The Labute approximate surface area is 56.2 Å². The maximum atomic E-state index is 12.7. The highest BCUT2D eigenvalue weighted by atomic mass is 19.2. The fraction of sp³-hybridized carbons (Fsp3) is 0.500. The SMILES string of the molecule is FC1Cc2[nH]ncc2C1F. The van der Waals surface area contributed by atoms with E-state index in [0.29, 0.717) is 11.3 Å². The molecule has 2 unspecified atom stereocenters. The molecule has 1 heterocycles. The van der Waals surface area contributed by atoms with E-state index in [1.165, 1.54) is 6.20 Å². The van der Waals surface area contributed by atoms with Gasteiger partial charge in [0.2, 0.25) is 0 Å². The molecule has 0 bridgehead atoms. The molecule has 0 amide bonds. The van der Waals surface area contributed by atoms with Crippen LogP contribution in [-0.2, 0) is 6.42 Å². The number of aromatic amines is 1. The number of nitrogens with one attached hydrogen (secondary N) is 1. The van der Waals surface area contributed by atoms with Gasteiger partial charge in [0.05, 0.1) is 6.20 Å². The van der Waals surface area contributed by atoms with Crippen molar-refractivity contribution in [1.29, 1.82) is 0 Å². The van der Waals surface area contributed by atoms with Crippen molar-refractivity contribution >= 4 is 0 Å². The third-order valence-electron chi connectivity index (χ3n) is 1.77. The lowest BCUT2D eigenvalue weighted by atomic mass is 10.2. The van der Waals surface area contributed by atoms with Gasteiger partial charge in [-0.1, -0.05) is 0 Å². The maximum Gasteiger partial charge on any atom is 0.160 e. The maximum absolute atomic E-state index is 12.7. The fourth-order valence-electron chi connectivity index (χ4n) is 1.22. The van der Waals surface area contributed by atoms with Crippen molar-refractivity contribution in [3.63, 3.8) is 0 Å². The first kappa shape index (κ1) is 5.82. The van der Waals surface area contributed by atoms with Gasteiger partial charge in [0, 0.05) is 17.7 Å². The van der Waals surface area contributed by atoms with Crippen LogP contribution in [0, 0.1) is 0 Å². The predicted molar refractivity (Wildman–Crippen MR) is 31.0 cm³/mol. The van der Waals surface area contributed by atoms with Crippen LogP contribution in [-0.4, -0.2) is 16.4 Å². The minimum absolute atomic E-state index is 0.135. The molecule has 1 N–H and O–H groups in total. The Morgan fingerprint density at radius 1 is 1.60 bits per heavy atom. The largest absolute Gasteiger partial charge is 0.282 e. The number of alkyl halides is 2. The lowest BCUT2D eigenvalue weighted by Crippen LogP contribution is -2.02. The highest BCUT2D eigenvalue weighted by Crippen LogP contribution is 2.34. The first-order valence-electron chi connectivity index (χ1n) is 3.09. The van der Waals surface area contributed by atoms with E-state index in [1.54, 1.807) is 0 Å². The Balaban J connectivity index is 2.43. The van der Waals surface area contributed by atoms with Crippen LogP contribution < -0.4 is 0 Å². The van der Waals surface area contributed by atoms with Gasteiger partial charge in [-0.2, -0.15) is 5.10 Å². The monoisotopic (exact) mass is 144 g/mol. The second-order valence-electron chi connectivity index (χ2n) is 2.43. The molecule has 4 heteroatoms. The summed E-state index contributed by atoms with van der Waals surface area (Å²) in [5.41, 5.74) is 0.979. The zero-order valence-electron chi connectivity index (χ0n) is 5.14. The average molecular weight is 144 g/mol. The van der Waals surface area contributed by atoms with Crippen molar-refractivity contribution in [2.75, 3.05) is 0 Å². The standard InChI is InChI=1S/C6H6F2N2/c7-4-1-5-3(6(4)8)2-9-10-5/h2,4,6H,1H2,(H,9,10). The summed E-state index contributed by atoms with van der Waals surface area (Å²) in [7, 11) is 0. The molecule has 0 saturated heterocycles. The van der Waals surface area contributed by atoms with Gasteiger partial charge in [-0.15, -0.1) is 0 Å². The molecule has 10 heavy (non-hydrogen) atoms. The Bertz CT molecular complexity index is 246. The van der Waals surface area contributed by atoms with Crippen LogP contribution in [0.4, 0.5) is 8.78 Å². The van der Waals surface area contributed by atoms with Crippen molar-refractivity contribution in [2.24, 2.45) is 0 Å². The summed E-state index contributed by atoms with van der Waals surface area (Å²) in [6, 6.07) is 0. The number of H-pyrrole nitrogens is 1. The molecule has 1 aliphatic rings. The highest BCUT2D eigenvalue weighted by molar-refractivity contribution is 5.27. The minimum atomic E-state index is -1.46. The van der Waals surface area contributed by atoms with Gasteiger partial charge in [0.25, 0.3) is 0 Å². The fourth-order valence-corrected chi connectivity index (χ4v) is 1.22. The van der Waals surface area contributed by atoms with E-state index in [4.69, 9.17) is 0 Å². The molecule has 0 aromatic carbocycles. The molecule has 2 atom stereocenters. The van der Waals surface area contributed by atoms with Crippen LogP contribution in [0.5, 0.6) is 0 Å². The van der Waals surface area contributed by atoms with Gasteiger partial charge in [-0.3, -0.25) is 5.10 Å². The molecule has 54 valence electrons. The molecule has 1 aromatic heterocycles. The lowest BCUT2D eigenvalue weighted by Gasteiger charge is -1.99. The Kier molecular flexibility index (Phi) is 1.03. The molecule has 2 nitrogen and oxygen atoms in total. The van der Waals surface area contributed by atoms with E-state index < -0.39 is 12.3 Å². The van der Waals surface area contributed by atoms with Crippen LogP contribution in [0.3, 0.4) is 0 Å². The minimum Gasteiger partial charge on any atom is -0.282 e. The molecular weight excluding hydrogens is 138 g/mol. The third kappa shape index (κ3) is 0.587. The first-order chi connectivity index (χ1) is 4.79. The molecule has 0 radical (unpaired) electrons. The molecule has 1 aliphatic carbocycles. The van der Waals surface area contributed by atoms with Gasteiger partial charge in [-0.25, -0.2) is 8.78 Å². The number of halogens is 2. The zero-order chi connectivity index (χ0) is 7.14. The Morgan fingerprint density at radius 2 is 2.40 bits per heavy atom. The molecule has 2 rings (SSSR count). The van der Waals surface area contributed by atoms with E-state index in [2.05, 4.69) is 10.2 Å². The van der Waals surface area contributed by atoms with E-state index in [9.17, 15) is 8.78 Å². The Hall–Kier alpha value is -0.930. The molecule has 0 fully saturated rings. The van der Waals surface area contributed by atoms with Crippen LogP contribution in [0.2, 0.25) is 0 Å². The van der Waals surface area contributed by atoms with Crippen LogP contribution >= 0.6 is 0 Å². The quantitative estimate of drug-likeness (QED) is 0.584. The number of hydrogen-bond acceptors (Lipinski definition) is 1.